The molecule has 5 nitrogen and oxygen atoms in total. The van der Waals surface area contributed by atoms with Gasteiger partial charge >= 0.3 is 0 Å². The summed E-state index contributed by atoms with van der Waals surface area (Å²) in [5, 5.41) is 3.18. The minimum Gasteiger partial charge on any atom is -0.496 e. The molecule has 7 heteroatoms. The van der Waals surface area contributed by atoms with E-state index in [1.807, 2.05) is 48.5 Å². The number of hydrogen-bond acceptors (Lipinski definition) is 6. The Labute approximate surface area is 158 Å². The van der Waals surface area contributed by atoms with Crippen LogP contribution >= 0.6 is 22.7 Å². The molecule has 2 aromatic heterocycles. The summed E-state index contributed by atoms with van der Waals surface area (Å²) >= 11 is 2.91. The normalized spacial score (nSPS) is 10.8. The monoisotopic (exact) mass is 381 g/mol. The zero-order valence-corrected chi connectivity index (χ0v) is 15.8. The quantitative estimate of drug-likeness (QED) is 0.514. The Kier molecular flexibility index (Phi) is 4.40. The number of thiazole rings is 2. The number of fused-ring (bicyclic) bond motifs is 1. The number of aromatic nitrogens is 2. The molecule has 0 aliphatic rings. The first kappa shape index (κ1) is 16.7. The van der Waals surface area contributed by atoms with E-state index in [0.717, 1.165) is 26.5 Å². The number of anilines is 1. The number of para-hydroxylation sites is 2. The molecule has 0 atom stereocenters. The fourth-order valence-corrected chi connectivity index (χ4v) is 4.33. The average molecular weight is 381 g/mol. The van der Waals surface area contributed by atoms with E-state index in [2.05, 4.69) is 9.97 Å². The number of nitrogens with zero attached hydrogens (tertiary/aromatic N) is 3. The van der Waals surface area contributed by atoms with Gasteiger partial charge in [-0.2, -0.15) is 0 Å². The second kappa shape index (κ2) is 6.86. The Morgan fingerprint density at radius 3 is 2.65 bits per heavy atom. The molecule has 0 aliphatic heterocycles. The van der Waals surface area contributed by atoms with Crippen LogP contribution in [0.3, 0.4) is 0 Å². The molecule has 0 spiro atoms. The van der Waals surface area contributed by atoms with Gasteiger partial charge in [-0.05, 0) is 24.3 Å². The lowest BCUT2D eigenvalue weighted by Gasteiger charge is -2.11. The Balaban J connectivity index is 1.63. The molecular formula is C19H15N3O2S2. The van der Waals surface area contributed by atoms with Crippen LogP contribution in [0.4, 0.5) is 5.13 Å². The molecule has 0 saturated carbocycles. The van der Waals surface area contributed by atoms with Crippen molar-refractivity contribution in [1.82, 2.24) is 9.97 Å². The van der Waals surface area contributed by atoms with Crippen molar-refractivity contribution in [2.45, 2.75) is 0 Å². The van der Waals surface area contributed by atoms with Crippen LogP contribution in [-0.4, -0.2) is 30.0 Å². The van der Waals surface area contributed by atoms with Crippen molar-refractivity contribution >= 4 is 43.9 Å². The third kappa shape index (κ3) is 2.95. The van der Waals surface area contributed by atoms with Gasteiger partial charge in [0.25, 0.3) is 5.91 Å². The number of rotatable bonds is 4. The van der Waals surface area contributed by atoms with E-state index in [9.17, 15) is 4.79 Å². The summed E-state index contributed by atoms with van der Waals surface area (Å²) in [6.45, 7) is 0. The lowest BCUT2D eigenvalue weighted by molar-refractivity contribution is 0.0989. The predicted molar refractivity (Wildman–Crippen MR) is 106 cm³/mol. The van der Waals surface area contributed by atoms with E-state index in [1.54, 1.807) is 24.4 Å². The fourth-order valence-electron chi connectivity index (χ4n) is 2.58. The molecule has 4 rings (SSSR count). The van der Waals surface area contributed by atoms with E-state index >= 15 is 0 Å². The van der Waals surface area contributed by atoms with Crippen molar-refractivity contribution in [3.8, 4) is 16.3 Å². The summed E-state index contributed by atoms with van der Waals surface area (Å²) in [6.07, 6.45) is 0. The van der Waals surface area contributed by atoms with E-state index in [0.29, 0.717) is 10.8 Å². The molecule has 2 aromatic carbocycles. The minimum absolute atomic E-state index is 0.179. The molecule has 0 fully saturated rings. The lowest BCUT2D eigenvalue weighted by Crippen LogP contribution is -2.26. The van der Waals surface area contributed by atoms with Crippen molar-refractivity contribution in [3.63, 3.8) is 0 Å². The second-order valence-corrected chi connectivity index (χ2v) is 7.43. The van der Waals surface area contributed by atoms with Gasteiger partial charge in [0.1, 0.15) is 16.5 Å². The van der Waals surface area contributed by atoms with Crippen LogP contribution in [0.1, 0.15) is 10.5 Å². The highest BCUT2D eigenvalue weighted by atomic mass is 32.1. The molecule has 2 heterocycles. The lowest BCUT2D eigenvalue weighted by atomic mass is 10.2. The Morgan fingerprint density at radius 1 is 1.08 bits per heavy atom. The molecule has 1 amide bonds. The zero-order chi connectivity index (χ0) is 18.1. The Hall–Kier alpha value is -2.77. The van der Waals surface area contributed by atoms with E-state index in [-0.39, 0.29) is 5.91 Å². The molecule has 0 aliphatic carbocycles. The van der Waals surface area contributed by atoms with E-state index in [1.165, 1.54) is 22.7 Å². The summed E-state index contributed by atoms with van der Waals surface area (Å²) in [7, 11) is 3.35. The zero-order valence-electron chi connectivity index (χ0n) is 14.2. The molecular weight excluding hydrogens is 366 g/mol. The van der Waals surface area contributed by atoms with Crippen LogP contribution in [0.15, 0.2) is 53.9 Å². The van der Waals surface area contributed by atoms with Gasteiger partial charge in [0, 0.05) is 12.4 Å². The maximum atomic E-state index is 12.8. The highest BCUT2D eigenvalue weighted by Crippen LogP contribution is 2.33. The molecule has 4 aromatic rings. The first-order valence-corrected chi connectivity index (χ1v) is 9.59. The van der Waals surface area contributed by atoms with Crippen LogP contribution in [0.25, 0.3) is 20.8 Å². The largest absolute Gasteiger partial charge is 0.496 e. The Morgan fingerprint density at radius 2 is 1.85 bits per heavy atom. The first-order valence-electron chi connectivity index (χ1n) is 7.90. The topological polar surface area (TPSA) is 55.3 Å². The number of hydrogen-bond donors (Lipinski definition) is 0. The van der Waals surface area contributed by atoms with Gasteiger partial charge in [-0.15, -0.1) is 11.3 Å². The fraction of sp³-hybridized carbons (Fsp3) is 0.105. The second-order valence-electron chi connectivity index (χ2n) is 5.57. The smallest absolute Gasteiger partial charge is 0.279 e. The minimum atomic E-state index is -0.179. The van der Waals surface area contributed by atoms with Gasteiger partial charge in [-0.1, -0.05) is 35.6 Å². The predicted octanol–water partition coefficient (Wildman–Crippen LogP) is 4.71. The van der Waals surface area contributed by atoms with Crippen LogP contribution in [0, 0.1) is 0 Å². The molecule has 26 heavy (non-hydrogen) atoms. The van der Waals surface area contributed by atoms with Crippen LogP contribution in [0.2, 0.25) is 0 Å². The third-order valence-electron chi connectivity index (χ3n) is 3.93. The molecule has 0 saturated heterocycles. The maximum Gasteiger partial charge on any atom is 0.279 e. The standard InChI is InChI=1S/C19H15N3O2S2/c1-22(19-21-13-8-4-6-10-16(13)26-19)18(23)14-11-25-17(20-14)12-7-3-5-9-15(12)24-2/h3-11H,1-2H3. The van der Waals surface area contributed by atoms with E-state index < -0.39 is 0 Å². The van der Waals surface area contributed by atoms with Crippen LogP contribution < -0.4 is 9.64 Å². The molecule has 0 bridgehead atoms. The number of carbonyl (C=O) groups is 1. The summed E-state index contributed by atoms with van der Waals surface area (Å²) in [4.78, 5) is 23.4. The molecule has 130 valence electrons. The van der Waals surface area contributed by atoms with Crippen LogP contribution in [0.5, 0.6) is 5.75 Å². The summed E-state index contributed by atoms with van der Waals surface area (Å²) in [6, 6.07) is 15.5. The van der Waals surface area contributed by atoms with Crippen molar-refractivity contribution in [1.29, 1.82) is 0 Å². The number of methoxy groups -OCH3 is 1. The summed E-state index contributed by atoms with van der Waals surface area (Å²) in [5.74, 6) is 0.557. The van der Waals surface area contributed by atoms with Crippen molar-refractivity contribution in [2.24, 2.45) is 0 Å². The van der Waals surface area contributed by atoms with Gasteiger partial charge in [0.05, 0.1) is 22.9 Å². The third-order valence-corrected chi connectivity index (χ3v) is 5.92. The number of amides is 1. The number of ether oxygens (including phenoxy) is 1. The first-order chi connectivity index (χ1) is 12.7. The number of carbonyl (C=O) groups excluding carboxylic acids is 1. The van der Waals surface area contributed by atoms with Crippen molar-refractivity contribution in [2.75, 3.05) is 19.1 Å². The molecule has 0 N–H and O–H groups in total. The number of benzene rings is 2. The average Bonchev–Trinajstić information content (AvgIpc) is 3.33. The van der Waals surface area contributed by atoms with Crippen molar-refractivity contribution < 1.29 is 9.53 Å². The van der Waals surface area contributed by atoms with Crippen LogP contribution in [-0.2, 0) is 0 Å². The van der Waals surface area contributed by atoms with Gasteiger partial charge < -0.3 is 4.74 Å². The highest BCUT2D eigenvalue weighted by molar-refractivity contribution is 7.22. The maximum absolute atomic E-state index is 12.8. The van der Waals surface area contributed by atoms with E-state index in [4.69, 9.17) is 4.74 Å². The van der Waals surface area contributed by atoms with Crippen molar-refractivity contribution in [3.05, 3.63) is 59.6 Å². The van der Waals surface area contributed by atoms with Gasteiger partial charge in [-0.25, -0.2) is 9.97 Å². The van der Waals surface area contributed by atoms with Gasteiger partial charge in [0.2, 0.25) is 0 Å². The highest BCUT2D eigenvalue weighted by Gasteiger charge is 2.21. The summed E-state index contributed by atoms with van der Waals surface area (Å²) in [5.41, 5.74) is 2.17. The Bertz CT molecular complexity index is 1050. The molecule has 0 unspecified atom stereocenters. The van der Waals surface area contributed by atoms with Gasteiger partial charge in [-0.3, -0.25) is 9.69 Å². The SMILES string of the molecule is COc1ccccc1-c1nc(C(=O)N(C)c2nc3ccccc3s2)cs1. The molecule has 0 radical (unpaired) electrons. The summed E-state index contributed by atoms with van der Waals surface area (Å²) < 4.78 is 6.43. The van der Waals surface area contributed by atoms with Gasteiger partial charge in [0.15, 0.2) is 5.13 Å².